The first-order valence-electron chi connectivity index (χ1n) is 3.23. The summed E-state index contributed by atoms with van der Waals surface area (Å²) in [7, 11) is 16.6. The van der Waals surface area contributed by atoms with E-state index in [1.54, 1.807) is 6.07 Å². The molecule has 0 spiro atoms. The molecule has 0 aromatic heterocycles. The van der Waals surface area contributed by atoms with Crippen LogP contribution in [0.15, 0.2) is 6.07 Å². The molecule has 0 bridgehead atoms. The zero-order chi connectivity index (χ0) is 8.59. The number of rotatable bonds is 0. The van der Waals surface area contributed by atoms with Crippen LogP contribution in [-0.4, -0.2) is 23.5 Å². The maximum absolute atomic E-state index is 5.59. The minimum atomic E-state index is 0.369. The van der Waals surface area contributed by atoms with E-state index in [1.165, 1.54) is 0 Å². The third-order valence-corrected chi connectivity index (χ3v) is 1.69. The molecular formula is C7H6B3N. The Hall–Kier alpha value is -0.785. The smallest absolute Gasteiger partial charge is 0.115 e. The van der Waals surface area contributed by atoms with Crippen LogP contribution in [0.5, 0.6) is 0 Å². The van der Waals surface area contributed by atoms with E-state index < -0.39 is 0 Å². The molecule has 0 amide bonds. The van der Waals surface area contributed by atoms with Gasteiger partial charge in [0.1, 0.15) is 23.5 Å². The molecule has 1 rings (SSSR count). The van der Waals surface area contributed by atoms with Crippen LogP contribution in [-0.2, 0) is 0 Å². The maximum Gasteiger partial charge on any atom is 0.115 e. The highest BCUT2D eigenvalue weighted by Gasteiger charge is 2.01. The summed E-state index contributed by atoms with van der Waals surface area (Å²) in [5.41, 5.74) is 8.18. The molecule has 6 radical (unpaired) electrons. The van der Waals surface area contributed by atoms with Crippen LogP contribution in [0.2, 0.25) is 0 Å². The summed E-state index contributed by atoms with van der Waals surface area (Å²) in [6, 6.07) is 1.71. The Bertz CT molecular complexity index is 270. The van der Waals surface area contributed by atoms with E-state index in [9.17, 15) is 0 Å². The fourth-order valence-electron chi connectivity index (χ4n) is 0.902. The number of hydrogen-bond acceptors (Lipinski definition) is 1. The van der Waals surface area contributed by atoms with Crippen molar-refractivity contribution in [1.29, 1.82) is 0 Å². The highest BCUT2D eigenvalue weighted by molar-refractivity contribution is 6.58. The van der Waals surface area contributed by atoms with Gasteiger partial charge in [0.25, 0.3) is 0 Å². The molecule has 1 aromatic carbocycles. The number of anilines is 1. The molecule has 11 heavy (non-hydrogen) atoms. The minimum Gasteiger partial charge on any atom is -0.399 e. The van der Waals surface area contributed by atoms with Gasteiger partial charge < -0.3 is 5.73 Å². The Balaban J connectivity index is 3.46. The molecule has 1 nitrogen and oxygen atoms in total. The summed E-state index contributed by atoms with van der Waals surface area (Å²) >= 11 is 0. The zero-order valence-electron chi connectivity index (χ0n) is 6.39. The molecule has 48 valence electrons. The number of nitrogen functional groups attached to an aromatic ring is 1. The molecule has 0 atom stereocenters. The monoisotopic (exact) mass is 137 g/mol. The lowest BCUT2D eigenvalue weighted by Gasteiger charge is -2.11. The second-order valence-electron chi connectivity index (χ2n) is 2.52. The zero-order valence-corrected chi connectivity index (χ0v) is 6.39. The van der Waals surface area contributed by atoms with Gasteiger partial charge in [0.15, 0.2) is 0 Å². The molecule has 1 aromatic rings. The predicted molar refractivity (Wildman–Crippen MR) is 51.8 cm³/mol. The van der Waals surface area contributed by atoms with Gasteiger partial charge in [-0.05, 0) is 12.5 Å². The van der Waals surface area contributed by atoms with E-state index in [4.69, 9.17) is 29.3 Å². The average molecular weight is 137 g/mol. The molecule has 0 saturated carbocycles. The van der Waals surface area contributed by atoms with Crippen LogP contribution in [0.1, 0.15) is 5.56 Å². The summed E-state index contributed by atoms with van der Waals surface area (Å²) < 4.78 is 0. The first kappa shape index (κ1) is 8.31. The summed E-state index contributed by atoms with van der Waals surface area (Å²) in [4.78, 5) is 0. The van der Waals surface area contributed by atoms with E-state index in [-0.39, 0.29) is 0 Å². The van der Waals surface area contributed by atoms with Crippen molar-refractivity contribution in [2.45, 2.75) is 6.92 Å². The summed E-state index contributed by atoms with van der Waals surface area (Å²) in [6.07, 6.45) is 0. The molecule has 0 aliphatic carbocycles. The molecule has 0 aliphatic heterocycles. The molecule has 0 fully saturated rings. The third kappa shape index (κ3) is 1.30. The van der Waals surface area contributed by atoms with E-state index in [1.807, 2.05) is 6.92 Å². The van der Waals surface area contributed by atoms with Crippen LogP contribution >= 0.6 is 0 Å². The Kier molecular flexibility index (Phi) is 2.03. The van der Waals surface area contributed by atoms with Crippen LogP contribution in [0.3, 0.4) is 0 Å². The van der Waals surface area contributed by atoms with Gasteiger partial charge in [-0.15, -0.1) is 10.9 Å². The summed E-state index contributed by atoms with van der Waals surface area (Å²) in [6.45, 7) is 1.83. The van der Waals surface area contributed by atoms with Gasteiger partial charge in [-0.1, -0.05) is 11.5 Å². The Morgan fingerprint density at radius 1 is 1.18 bits per heavy atom. The molecule has 2 N–H and O–H groups in total. The van der Waals surface area contributed by atoms with Crippen molar-refractivity contribution in [3.05, 3.63) is 11.6 Å². The second kappa shape index (κ2) is 2.69. The molecule has 4 heteroatoms. The van der Waals surface area contributed by atoms with Gasteiger partial charge in [-0.25, -0.2) is 0 Å². The minimum absolute atomic E-state index is 0.369. The number of benzene rings is 1. The standard InChI is InChI=1S/C7H6B3N/c1-3-2-4(8)5(9)6(10)7(3)11/h2H,11H2,1H3. The molecule has 0 saturated heterocycles. The van der Waals surface area contributed by atoms with Crippen LogP contribution < -0.4 is 22.1 Å². The lowest BCUT2D eigenvalue weighted by atomic mass is 9.71. The number of hydrogen-bond donors (Lipinski definition) is 1. The van der Waals surface area contributed by atoms with Crippen molar-refractivity contribution >= 4 is 45.6 Å². The van der Waals surface area contributed by atoms with E-state index in [2.05, 4.69) is 0 Å². The van der Waals surface area contributed by atoms with Gasteiger partial charge in [0, 0.05) is 5.69 Å². The fourth-order valence-corrected chi connectivity index (χ4v) is 0.902. The Morgan fingerprint density at radius 2 is 1.73 bits per heavy atom. The van der Waals surface area contributed by atoms with E-state index in [0.29, 0.717) is 22.1 Å². The first-order valence-corrected chi connectivity index (χ1v) is 3.23. The number of nitrogens with two attached hydrogens (primary N) is 1. The quantitative estimate of drug-likeness (QED) is 0.323. The van der Waals surface area contributed by atoms with Crippen molar-refractivity contribution < 1.29 is 0 Å². The normalized spacial score (nSPS) is 9.91. The summed E-state index contributed by atoms with van der Waals surface area (Å²) in [5, 5.41) is 0. The predicted octanol–water partition coefficient (Wildman–Crippen LogP) is -2.04. The topological polar surface area (TPSA) is 26.0 Å². The molecule has 0 unspecified atom stereocenters. The lowest BCUT2D eigenvalue weighted by molar-refractivity contribution is 1.52. The molecule has 0 aliphatic rings. The van der Waals surface area contributed by atoms with Gasteiger partial charge in [0.2, 0.25) is 0 Å². The largest absolute Gasteiger partial charge is 0.399 e. The highest BCUT2D eigenvalue weighted by atomic mass is 14.6. The Morgan fingerprint density at radius 3 is 2.27 bits per heavy atom. The van der Waals surface area contributed by atoms with E-state index >= 15 is 0 Å². The second-order valence-corrected chi connectivity index (χ2v) is 2.52. The first-order chi connectivity index (χ1) is 5.04. The molecular weight excluding hydrogens is 131 g/mol. The average Bonchev–Trinajstić information content (AvgIpc) is 1.97. The van der Waals surface area contributed by atoms with E-state index in [0.717, 1.165) is 5.56 Å². The van der Waals surface area contributed by atoms with Crippen LogP contribution in [0.25, 0.3) is 0 Å². The van der Waals surface area contributed by atoms with Crippen molar-refractivity contribution in [3.8, 4) is 0 Å². The van der Waals surface area contributed by atoms with Crippen molar-refractivity contribution in [2.24, 2.45) is 0 Å². The lowest BCUT2D eigenvalue weighted by Crippen LogP contribution is -2.40. The maximum atomic E-state index is 5.59. The molecule has 0 heterocycles. The fraction of sp³-hybridized carbons (Fsp3) is 0.143. The van der Waals surface area contributed by atoms with Gasteiger partial charge in [0.05, 0.1) is 0 Å². The van der Waals surface area contributed by atoms with Crippen LogP contribution in [0.4, 0.5) is 5.69 Å². The Labute approximate surface area is 70.6 Å². The van der Waals surface area contributed by atoms with Crippen molar-refractivity contribution in [1.82, 2.24) is 0 Å². The highest BCUT2D eigenvalue weighted by Crippen LogP contribution is 2.00. The number of aryl methyl sites for hydroxylation is 1. The summed E-state index contributed by atoms with van der Waals surface area (Å²) in [5.74, 6) is 0. The third-order valence-electron chi connectivity index (χ3n) is 1.69. The van der Waals surface area contributed by atoms with Gasteiger partial charge in [-0.2, -0.15) is 0 Å². The van der Waals surface area contributed by atoms with Gasteiger partial charge in [-0.3, -0.25) is 0 Å². The SMILES string of the molecule is [B]c1cc(C)c(N)c([B])c1[B]. The van der Waals surface area contributed by atoms with Crippen molar-refractivity contribution in [2.75, 3.05) is 5.73 Å². The van der Waals surface area contributed by atoms with Gasteiger partial charge >= 0.3 is 0 Å². The van der Waals surface area contributed by atoms with Crippen LogP contribution in [0, 0.1) is 6.92 Å². The van der Waals surface area contributed by atoms with Crippen molar-refractivity contribution in [3.63, 3.8) is 0 Å².